The van der Waals surface area contributed by atoms with Crippen LogP contribution in [0.1, 0.15) is 60.3 Å². The highest BCUT2D eigenvalue weighted by molar-refractivity contribution is 4.86. The number of rotatable bonds is 6. The molecule has 0 spiro atoms. The zero-order chi connectivity index (χ0) is 13.8. The summed E-state index contributed by atoms with van der Waals surface area (Å²) in [4.78, 5) is 2.46. The molecule has 1 N–H and O–H groups in total. The molecule has 0 saturated heterocycles. The van der Waals surface area contributed by atoms with Gasteiger partial charge in [-0.1, -0.05) is 27.7 Å². The van der Waals surface area contributed by atoms with Gasteiger partial charge in [-0.15, -0.1) is 0 Å². The molecule has 0 heterocycles. The summed E-state index contributed by atoms with van der Waals surface area (Å²) in [5.41, 5.74) is 0.561. The number of hydrogen-bond donors (Lipinski definition) is 1. The fourth-order valence-corrected chi connectivity index (χ4v) is 3.21. The van der Waals surface area contributed by atoms with Crippen molar-refractivity contribution in [1.82, 2.24) is 10.2 Å². The Hall–Kier alpha value is -0.0800. The van der Waals surface area contributed by atoms with Gasteiger partial charge in [0.1, 0.15) is 0 Å². The average Bonchev–Trinajstić information content (AvgIpc) is 2.30. The van der Waals surface area contributed by atoms with Crippen LogP contribution in [0.2, 0.25) is 0 Å². The highest BCUT2D eigenvalue weighted by Gasteiger charge is 2.31. The van der Waals surface area contributed by atoms with E-state index in [0.29, 0.717) is 11.5 Å². The van der Waals surface area contributed by atoms with Crippen molar-refractivity contribution in [3.05, 3.63) is 0 Å². The third-order valence-electron chi connectivity index (χ3n) is 4.91. The van der Waals surface area contributed by atoms with E-state index in [1.165, 1.54) is 32.2 Å². The van der Waals surface area contributed by atoms with Gasteiger partial charge in [0.05, 0.1) is 0 Å². The average molecular weight is 254 g/mol. The molecule has 0 aliphatic heterocycles. The van der Waals surface area contributed by atoms with Crippen molar-refractivity contribution in [3.63, 3.8) is 0 Å². The standard InChI is InChI=1S/C16H34N2/c1-7-14(3)18(6)11-10-17-15-8-9-16(4,5)12-13(15)2/h13-15,17H,7-12H2,1-6H3. The predicted octanol–water partition coefficient (Wildman–Crippen LogP) is 3.52. The molecule has 2 heteroatoms. The quantitative estimate of drug-likeness (QED) is 0.780. The summed E-state index contributed by atoms with van der Waals surface area (Å²) in [7, 11) is 2.24. The van der Waals surface area contributed by atoms with E-state index < -0.39 is 0 Å². The molecule has 1 saturated carbocycles. The lowest BCUT2D eigenvalue weighted by Crippen LogP contribution is -2.45. The summed E-state index contributed by atoms with van der Waals surface area (Å²) >= 11 is 0. The molecule has 0 aromatic carbocycles. The molecule has 1 aliphatic carbocycles. The zero-order valence-electron chi connectivity index (χ0n) is 13.4. The largest absolute Gasteiger partial charge is 0.312 e. The molecule has 108 valence electrons. The minimum atomic E-state index is 0.561. The molecule has 1 rings (SSSR count). The first kappa shape index (κ1) is 16.0. The Balaban J connectivity index is 2.24. The first-order chi connectivity index (χ1) is 8.35. The molecule has 1 fully saturated rings. The fraction of sp³-hybridized carbons (Fsp3) is 1.00. The normalized spacial score (nSPS) is 29.5. The van der Waals surface area contributed by atoms with Crippen LogP contribution in [0.5, 0.6) is 0 Å². The minimum Gasteiger partial charge on any atom is -0.312 e. The second-order valence-electron chi connectivity index (χ2n) is 7.18. The smallest absolute Gasteiger partial charge is 0.0107 e. The monoisotopic (exact) mass is 254 g/mol. The maximum atomic E-state index is 3.78. The Morgan fingerprint density at radius 1 is 1.39 bits per heavy atom. The molecule has 0 bridgehead atoms. The van der Waals surface area contributed by atoms with Crippen molar-refractivity contribution in [1.29, 1.82) is 0 Å². The molecule has 3 atom stereocenters. The van der Waals surface area contributed by atoms with Gasteiger partial charge in [0.15, 0.2) is 0 Å². The van der Waals surface area contributed by atoms with Gasteiger partial charge in [0.25, 0.3) is 0 Å². The van der Waals surface area contributed by atoms with Crippen LogP contribution in [-0.2, 0) is 0 Å². The van der Waals surface area contributed by atoms with E-state index in [1.807, 2.05) is 0 Å². The van der Waals surface area contributed by atoms with Crippen molar-refractivity contribution in [2.75, 3.05) is 20.1 Å². The summed E-state index contributed by atoms with van der Waals surface area (Å²) < 4.78 is 0. The molecule has 0 amide bonds. The SMILES string of the molecule is CCC(C)N(C)CCNC1CCC(C)(C)CC1C. The third kappa shape index (κ3) is 4.89. The van der Waals surface area contributed by atoms with Gasteiger partial charge in [-0.2, -0.15) is 0 Å². The fourth-order valence-electron chi connectivity index (χ4n) is 3.21. The van der Waals surface area contributed by atoms with Crippen LogP contribution in [-0.4, -0.2) is 37.1 Å². The van der Waals surface area contributed by atoms with Crippen LogP contribution in [0.25, 0.3) is 0 Å². The maximum Gasteiger partial charge on any atom is 0.0107 e. The van der Waals surface area contributed by atoms with E-state index in [-0.39, 0.29) is 0 Å². The molecule has 0 aromatic heterocycles. The van der Waals surface area contributed by atoms with E-state index in [4.69, 9.17) is 0 Å². The van der Waals surface area contributed by atoms with Gasteiger partial charge < -0.3 is 10.2 Å². The van der Waals surface area contributed by atoms with Crippen LogP contribution in [0, 0.1) is 11.3 Å². The van der Waals surface area contributed by atoms with Crippen LogP contribution in [0.15, 0.2) is 0 Å². The van der Waals surface area contributed by atoms with E-state index >= 15 is 0 Å². The van der Waals surface area contributed by atoms with Crippen LogP contribution in [0.3, 0.4) is 0 Å². The van der Waals surface area contributed by atoms with Gasteiger partial charge >= 0.3 is 0 Å². The lowest BCUT2D eigenvalue weighted by Gasteiger charge is -2.40. The summed E-state index contributed by atoms with van der Waals surface area (Å²) in [6.07, 6.45) is 5.33. The van der Waals surface area contributed by atoms with Crippen molar-refractivity contribution in [2.24, 2.45) is 11.3 Å². The molecule has 0 radical (unpaired) electrons. The number of likely N-dealkylation sites (N-methyl/N-ethyl adjacent to an activating group) is 1. The molecule has 3 unspecified atom stereocenters. The lowest BCUT2D eigenvalue weighted by molar-refractivity contribution is 0.145. The van der Waals surface area contributed by atoms with Gasteiger partial charge in [-0.25, -0.2) is 0 Å². The van der Waals surface area contributed by atoms with Gasteiger partial charge in [-0.3, -0.25) is 0 Å². The maximum absolute atomic E-state index is 3.78. The summed E-state index contributed by atoms with van der Waals surface area (Å²) in [6, 6.07) is 1.44. The first-order valence-electron chi connectivity index (χ1n) is 7.79. The van der Waals surface area contributed by atoms with E-state index in [0.717, 1.165) is 18.5 Å². The molecule has 1 aliphatic rings. The number of hydrogen-bond acceptors (Lipinski definition) is 2. The van der Waals surface area contributed by atoms with Crippen molar-refractivity contribution < 1.29 is 0 Å². The lowest BCUT2D eigenvalue weighted by atomic mass is 9.70. The minimum absolute atomic E-state index is 0.561. The van der Waals surface area contributed by atoms with Crippen LogP contribution < -0.4 is 5.32 Å². The first-order valence-corrected chi connectivity index (χ1v) is 7.79. The second-order valence-corrected chi connectivity index (χ2v) is 7.18. The summed E-state index contributed by atoms with van der Waals surface area (Å²) in [5.74, 6) is 0.822. The Morgan fingerprint density at radius 2 is 2.06 bits per heavy atom. The Bertz CT molecular complexity index is 237. The molecular formula is C16H34N2. The summed E-state index contributed by atoms with van der Waals surface area (Å²) in [5, 5.41) is 3.78. The Morgan fingerprint density at radius 3 is 2.61 bits per heavy atom. The molecule has 18 heavy (non-hydrogen) atoms. The highest BCUT2D eigenvalue weighted by Crippen LogP contribution is 2.38. The van der Waals surface area contributed by atoms with Crippen LogP contribution in [0.4, 0.5) is 0 Å². The number of nitrogens with one attached hydrogen (secondary N) is 1. The van der Waals surface area contributed by atoms with Gasteiger partial charge in [-0.05, 0) is 51.0 Å². The van der Waals surface area contributed by atoms with E-state index in [2.05, 4.69) is 51.9 Å². The van der Waals surface area contributed by atoms with Gasteiger partial charge in [0, 0.05) is 25.2 Å². The van der Waals surface area contributed by atoms with E-state index in [1.54, 1.807) is 0 Å². The number of nitrogens with zero attached hydrogens (tertiary/aromatic N) is 1. The topological polar surface area (TPSA) is 15.3 Å². The Kier molecular flexibility index (Phi) is 6.13. The van der Waals surface area contributed by atoms with Crippen LogP contribution >= 0.6 is 0 Å². The Labute approximate surface area is 115 Å². The van der Waals surface area contributed by atoms with Gasteiger partial charge in [0.2, 0.25) is 0 Å². The van der Waals surface area contributed by atoms with Crippen molar-refractivity contribution >= 4 is 0 Å². The second kappa shape index (κ2) is 6.91. The third-order valence-corrected chi connectivity index (χ3v) is 4.91. The molecule has 2 nitrogen and oxygen atoms in total. The zero-order valence-corrected chi connectivity index (χ0v) is 13.4. The van der Waals surface area contributed by atoms with Crippen molar-refractivity contribution in [2.45, 2.75) is 72.4 Å². The molecular weight excluding hydrogens is 220 g/mol. The predicted molar refractivity (Wildman–Crippen MR) is 81.0 cm³/mol. The van der Waals surface area contributed by atoms with Crippen molar-refractivity contribution in [3.8, 4) is 0 Å². The summed E-state index contributed by atoms with van der Waals surface area (Å²) in [6.45, 7) is 14.1. The molecule has 0 aromatic rings. The highest BCUT2D eigenvalue weighted by atomic mass is 15.1. The van der Waals surface area contributed by atoms with E-state index in [9.17, 15) is 0 Å².